The maximum atomic E-state index is 13.4. The lowest BCUT2D eigenvalue weighted by Crippen LogP contribution is -2.48. The van der Waals surface area contributed by atoms with E-state index >= 15 is 0 Å². The molecular weight excluding hydrogens is 530 g/mol. The first-order valence-electron chi connectivity index (χ1n) is 12.4. The molecule has 1 N–H and O–H groups in total. The van der Waals surface area contributed by atoms with E-state index in [1.807, 2.05) is 26.0 Å². The van der Waals surface area contributed by atoms with Gasteiger partial charge in [0.05, 0.1) is 31.2 Å². The molecule has 0 saturated heterocycles. The number of anilines is 1. The Bertz CT molecular complexity index is 1190. The van der Waals surface area contributed by atoms with Crippen molar-refractivity contribution in [3.63, 3.8) is 0 Å². The fraction of sp³-hybridized carbons (Fsp3) is 0.481. The third-order valence-corrected chi connectivity index (χ3v) is 7.43. The van der Waals surface area contributed by atoms with Crippen LogP contribution in [-0.4, -0.2) is 64.7 Å². The quantitative estimate of drug-likeness (QED) is 0.368. The smallest absolute Gasteiger partial charge is 0.242 e. The number of methoxy groups -OCH3 is 2. The highest BCUT2D eigenvalue weighted by Crippen LogP contribution is 2.30. The Balaban J connectivity index is 2.19. The van der Waals surface area contributed by atoms with Gasteiger partial charge in [-0.15, -0.1) is 0 Å². The molecule has 38 heavy (non-hydrogen) atoms. The molecule has 2 rings (SSSR count). The van der Waals surface area contributed by atoms with Crippen LogP contribution < -0.4 is 19.1 Å². The first kappa shape index (κ1) is 31.2. The molecule has 0 heterocycles. The zero-order valence-electron chi connectivity index (χ0n) is 22.9. The minimum atomic E-state index is -3.64. The minimum absolute atomic E-state index is 0.0495. The summed E-state index contributed by atoms with van der Waals surface area (Å²) in [6, 6.07) is 11.3. The first-order valence-corrected chi connectivity index (χ1v) is 14.6. The third-order valence-electron chi connectivity index (χ3n) is 5.94. The molecule has 0 bridgehead atoms. The van der Waals surface area contributed by atoms with Crippen molar-refractivity contribution < 1.29 is 27.5 Å². The molecule has 0 spiro atoms. The van der Waals surface area contributed by atoms with E-state index in [0.717, 1.165) is 11.8 Å². The topological polar surface area (TPSA) is 105 Å². The maximum absolute atomic E-state index is 13.4. The van der Waals surface area contributed by atoms with Gasteiger partial charge in [0.25, 0.3) is 0 Å². The third kappa shape index (κ3) is 9.09. The Labute approximate surface area is 231 Å². The van der Waals surface area contributed by atoms with Crippen LogP contribution in [0.5, 0.6) is 11.5 Å². The van der Waals surface area contributed by atoms with Gasteiger partial charge in [0.1, 0.15) is 17.5 Å². The molecule has 0 aromatic heterocycles. The number of nitrogens with zero attached hydrogens (tertiary/aromatic N) is 2. The molecule has 0 aliphatic rings. The molecule has 0 saturated carbocycles. The number of sulfonamides is 1. The van der Waals surface area contributed by atoms with Crippen LogP contribution in [0.25, 0.3) is 0 Å². The molecule has 0 aliphatic carbocycles. The van der Waals surface area contributed by atoms with E-state index in [2.05, 4.69) is 5.32 Å². The highest BCUT2D eigenvalue weighted by molar-refractivity contribution is 7.92. The van der Waals surface area contributed by atoms with E-state index in [-0.39, 0.29) is 48.7 Å². The van der Waals surface area contributed by atoms with Gasteiger partial charge in [-0.2, -0.15) is 0 Å². The summed E-state index contributed by atoms with van der Waals surface area (Å²) >= 11 is 6.20. The van der Waals surface area contributed by atoms with Crippen molar-refractivity contribution in [2.45, 2.75) is 46.2 Å². The Morgan fingerprint density at radius 2 is 1.68 bits per heavy atom. The van der Waals surface area contributed by atoms with Crippen LogP contribution >= 0.6 is 11.6 Å². The summed E-state index contributed by atoms with van der Waals surface area (Å²) in [4.78, 5) is 27.7. The van der Waals surface area contributed by atoms with Crippen molar-refractivity contribution in [1.29, 1.82) is 0 Å². The van der Waals surface area contributed by atoms with Gasteiger partial charge in [-0.3, -0.25) is 13.9 Å². The SMILES string of the molecule is COc1ccc(CN(C(=O)CCCN(c2ccc(OC)c(Cl)c2)S(C)(=O)=O)[C@H](C)C(=O)NCC(C)C)cc1. The highest BCUT2D eigenvalue weighted by atomic mass is 35.5. The normalized spacial score (nSPS) is 12.1. The van der Waals surface area contributed by atoms with Crippen LogP contribution in [0.4, 0.5) is 5.69 Å². The Kier molecular flexibility index (Phi) is 11.7. The first-order chi connectivity index (χ1) is 17.9. The lowest BCUT2D eigenvalue weighted by atomic mass is 10.1. The van der Waals surface area contributed by atoms with Gasteiger partial charge in [0.2, 0.25) is 21.8 Å². The molecular formula is C27H38ClN3O6S. The summed E-state index contributed by atoms with van der Waals surface area (Å²) in [5.74, 6) is 0.887. The van der Waals surface area contributed by atoms with Crippen molar-refractivity contribution >= 4 is 39.1 Å². The summed E-state index contributed by atoms with van der Waals surface area (Å²) in [6.07, 6.45) is 1.40. The van der Waals surface area contributed by atoms with E-state index in [9.17, 15) is 18.0 Å². The molecule has 0 unspecified atom stereocenters. The van der Waals surface area contributed by atoms with Gasteiger partial charge in [0, 0.05) is 26.1 Å². The minimum Gasteiger partial charge on any atom is -0.497 e. The number of ether oxygens (including phenoxy) is 2. The fourth-order valence-electron chi connectivity index (χ4n) is 3.78. The number of hydrogen-bond donors (Lipinski definition) is 1. The predicted octanol–water partition coefficient (Wildman–Crippen LogP) is 4.09. The number of halogens is 1. The van der Waals surface area contributed by atoms with Crippen LogP contribution in [0.15, 0.2) is 42.5 Å². The summed E-state index contributed by atoms with van der Waals surface area (Å²) < 4.78 is 36.6. The molecule has 2 aromatic carbocycles. The number of rotatable bonds is 14. The second-order valence-electron chi connectivity index (χ2n) is 9.44. The number of carbonyl (C=O) groups is 2. The van der Waals surface area contributed by atoms with Crippen molar-refractivity contribution in [1.82, 2.24) is 10.2 Å². The van der Waals surface area contributed by atoms with Gasteiger partial charge < -0.3 is 19.7 Å². The summed E-state index contributed by atoms with van der Waals surface area (Å²) in [5, 5.41) is 3.17. The number of amides is 2. The number of benzene rings is 2. The molecule has 11 heteroatoms. The Morgan fingerprint density at radius 1 is 1.03 bits per heavy atom. The molecule has 1 atom stereocenters. The molecule has 9 nitrogen and oxygen atoms in total. The lowest BCUT2D eigenvalue weighted by molar-refractivity contribution is -0.140. The number of carbonyl (C=O) groups excluding carboxylic acids is 2. The summed E-state index contributed by atoms with van der Waals surface area (Å²) in [7, 11) is -0.590. The van der Waals surface area contributed by atoms with Gasteiger partial charge in [-0.05, 0) is 55.2 Å². The molecule has 0 radical (unpaired) electrons. The average molecular weight is 568 g/mol. The van der Waals surface area contributed by atoms with Crippen LogP contribution in [0.3, 0.4) is 0 Å². The van der Waals surface area contributed by atoms with E-state index in [1.165, 1.54) is 22.4 Å². The maximum Gasteiger partial charge on any atom is 0.242 e. The number of nitrogens with one attached hydrogen (secondary N) is 1. The second kappa shape index (κ2) is 14.2. The summed E-state index contributed by atoms with van der Waals surface area (Å²) in [5.41, 5.74) is 1.22. The van der Waals surface area contributed by atoms with Crippen LogP contribution in [0.1, 0.15) is 39.2 Å². The largest absolute Gasteiger partial charge is 0.497 e. The molecule has 0 aliphatic heterocycles. The van der Waals surface area contributed by atoms with Crippen molar-refractivity contribution in [2.24, 2.45) is 5.92 Å². The van der Waals surface area contributed by atoms with Gasteiger partial charge in [0.15, 0.2) is 0 Å². The average Bonchev–Trinajstić information content (AvgIpc) is 2.87. The lowest BCUT2D eigenvalue weighted by Gasteiger charge is -2.29. The van der Waals surface area contributed by atoms with E-state index < -0.39 is 16.1 Å². The summed E-state index contributed by atoms with van der Waals surface area (Å²) in [6.45, 7) is 6.48. The van der Waals surface area contributed by atoms with E-state index in [0.29, 0.717) is 23.7 Å². The van der Waals surface area contributed by atoms with Crippen LogP contribution in [0, 0.1) is 5.92 Å². The van der Waals surface area contributed by atoms with Crippen molar-refractivity contribution in [3.05, 3.63) is 53.1 Å². The number of hydrogen-bond acceptors (Lipinski definition) is 6. The second-order valence-corrected chi connectivity index (χ2v) is 11.8. The molecule has 2 amide bonds. The van der Waals surface area contributed by atoms with Gasteiger partial charge in [-0.25, -0.2) is 8.42 Å². The van der Waals surface area contributed by atoms with Gasteiger partial charge in [-0.1, -0.05) is 37.6 Å². The monoisotopic (exact) mass is 567 g/mol. The van der Waals surface area contributed by atoms with E-state index in [4.69, 9.17) is 21.1 Å². The van der Waals surface area contributed by atoms with Crippen molar-refractivity contribution in [2.75, 3.05) is 37.9 Å². The van der Waals surface area contributed by atoms with Crippen LogP contribution in [-0.2, 0) is 26.2 Å². The Hall–Kier alpha value is -2.98. The van der Waals surface area contributed by atoms with Crippen LogP contribution in [0.2, 0.25) is 5.02 Å². The highest BCUT2D eigenvalue weighted by Gasteiger charge is 2.27. The van der Waals surface area contributed by atoms with E-state index in [1.54, 1.807) is 38.3 Å². The molecule has 210 valence electrons. The molecule has 0 fully saturated rings. The fourth-order valence-corrected chi connectivity index (χ4v) is 4.99. The Morgan fingerprint density at radius 3 is 2.21 bits per heavy atom. The zero-order valence-corrected chi connectivity index (χ0v) is 24.4. The van der Waals surface area contributed by atoms with Crippen molar-refractivity contribution in [3.8, 4) is 11.5 Å². The molecule has 2 aromatic rings. The predicted molar refractivity (Wildman–Crippen MR) is 150 cm³/mol. The zero-order chi connectivity index (χ0) is 28.5. The van der Waals surface area contributed by atoms with Gasteiger partial charge >= 0.3 is 0 Å². The standard InChI is InChI=1S/C27H38ClN3O6S/c1-19(2)17-29-27(33)20(3)30(18-21-9-12-23(36-4)13-10-21)26(32)8-7-15-31(38(6,34)35)22-11-14-25(37-5)24(28)16-22/h9-14,16,19-20H,7-8,15,17-18H2,1-6H3,(H,29,33)/t20-/m1/s1.